The fourth-order valence-corrected chi connectivity index (χ4v) is 2.40. The molecule has 110 valence electrons. The quantitative estimate of drug-likeness (QED) is 0.848. The van der Waals surface area contributed by atoms with Crippen LogP contribution in [0.15, 0.2) is 24.3 Å². The molecule has 1 heterocycles. The molecule has 21 heavy (non-hydrogen) atoms. The van der Waals surface area contributed by atoms with Crippen molar-refractivity contribution in [2.45, 2.75) is 33.6 Å². The number of amides is 1. The highest BCUT2D eigenvalue weighted by Gasteiger charge is 2.21. The molecule has 1 atom stereocenters. The molecular weight excluding hydrogens is 266 g/mol. The van der Waals surface area contributed by atoms with Crippen molar-refractivity contribution in [1.29, 1.82) is 0 Å². The van der Waals surface area contributed by atoms with Gasteiger partial charge in [0.05, 0.1) is 11.6 Å². The van der Waals surface area contributed by atoms with E-state index >= 15 is 0 Å². The Kier molecular flexibility index (Phi) is 4.21. The molecule has 5 nitrogen and oxygen atoms in total. The summed E-state index contributed by atoms with van der Waals surface area (Å²) < 4.78 is 0. The number of rotatable bonds is 4. The summed E-state index contributed by atoms with van der Waals surface area (Å²) in [7, 11) is 0. The van der Waals surface area contributed by atoms with Crippen molar-refractivity contribution in [1.82, 2.24) is 10.2 Å². The Morgan fingerprint density at radius 3 is 2.57 bits per heavy atom. The van der Waals surface area contributed by atoms with E-state index < -0.39 is 0 Å². The molecule has 2 N–H and O–H groups in total. The van der Waals surface area contributed by atoms with Crippen molar-refractivity contribution in [3.8, 4) is 0 Å². The SMILES string of the molecule is CC(=O)c1cccc(NC(=O)C(C)c2c(C)n[nH]c2C)c1. The molecule has 0 aliphatic rings. The molecule has 0 fully saturated rings. The Hall–Kier alpha value is -2.43. The van der Waals surface area contributed by atoms with Crippen LogP contribution in [-0.2, 0) is 4.79 Å². The fraction of sp³-hybridized carbons (Fsp3) is 0.312. The van der Waals surface area contributed by atoms with Gasteiger partial charge in [-0.15, -0.1) is 0 Å². The minimum atomic E-state index is -0.315. The Morgan fingerprint density at radius 1 is 1.29 bits per heavy atom. The first-order chi connectivity index (χ1) is 9.90. The van der Waals surface area contributed by atoms with Gasteiger partial charge < -0.3 is 5.32 Å². The molecule has 1 unspecified atom stereocenters. The second kappa shape index (κ2) is 5.91. The number of hydrogen-bond acceptors (Lipinski definition) is 3. The van der Waals surface area contributed by atoms with Crippen LogP contribution in [0.2, 0.25) is 0 Å². The van der Waals surface area contributed by atoms with Gasteiger partial charge in [0.1, 0.15) is 0 Å². The van der Waals surface area contributed by atoms with Gasteiger partial charge in [0.2, 0.25) is 5.91 Å². The average Bonchev–Trinajstić information content (AvgIpc) is 2.77. The predicted octanol–water partition coefficient (Wildman–Crippen LogP) is 2.97. The van der Waals surface area contributed by atoms with Crippen LogP contribution in [0.25, 0.3) is 0 Å². The molecule has 0 saturated carbocycles. The third kappa shape index (κ3) is 3.18. The largest absolute Gasteiger partial charge is 0.326 e. The van der Waals surface area contributed by atoms with Crippen LogP contribution in [0.4, 0.5) is 5.69 Å². The van der Waals surface area contributed by atoms with Gasteiger partial charge in [-0.25, -0.2) is 0 Å². The number of ketones is 1. The summed E-state index contributed by atoms with van der Waals surface area (Å²) in [5.74, 6) is -0.464. The molecule has 0 spiro atoms. The molecule has 0 radical (unpaired) electrons. The first-order valence-electron chi connectivity index (χ1n) is 6.83. The summed E-state index contributed by atoms with van der Waals surface area (Å²) in [6, 6.07) is 6.94. The van der Waals surface area contributed by atoms with Gasteiger partial charge in [0, 0.05) is 22.5 Å². The Labute approximate surface area is 123 Å². The monoisotopic (exact) mass is 285 g/mol. The van der Waals surface area contributed by atoms with Gasteiger partial charge in [-0.1, -0.05) is 12.1 Å². The lowest BCUT2D eigenvalue weighted by Gasteiger charge is -2.13. The lowest BCUT2D eigenvalue weighted by molar-refractivity contribution is -0.117. The molecule has 2 aromatic rings. The number of carbonyl (C=O) groups is 2. The second-order valence-corrected chi connectivity index (χ2v) is 5.20. The number of aromatic nitrogens is 2. The Balaban J connectivity index is 2.18. The summed E-state index contributed by atoms with van der Waals surface area (Å²) in [4.78, 5) is 23.7. The van der Waals surface area contributed by atoms with Crippen LogP contribution in [0.3, 0.4) is 0 Å². The molecule has 1 amide bonds. The van der Waals surface area contributed by atoms with Gasteiger partial charge in [-0.05, 0) is 39.8 Å². The Morgan fingerprint density at radius 2 is 2.00 bits per heavy atom. The lowest BCUT2D eigenvalue weighted by atomic mass is 9.98. The van der Waals surface area contributed by atoms with E-state index in [0.29, 0.717) is 11.3 Å². The average molecular weight is 285 g/mol. The van der Waals surface area contributed by atoms with Crippen LogP contribution < -0.4 is 5.32 Å². The maximum Gasteiger partial charge on any atom is 0.231 e. The van der Waals surface area contributed by atoms with Gasteiger partial charge >= 0.3 is 0 Å². The van der Waals surface area contributed by atoms with Crippen molar-refractivity contribution in [2.24, 2.45) is 0 Å². The molecule has 0 bridgehead atoms. The molecule has 0 saturated heterocycles. The van der Waals surface area contributed by atoms with Crippen molar-refractivity contribution < 1.29 is 9.59 Å². The number of nitrogens with one attached hydrogen (secondary N) is 2. The van der Waals surface area contributed by atoms with E-state index in [1.165, 1.54) is 6.92 Å². The number of carbonyl (C=O) groups excluding carboxylic acids is 2. The zero-order valence-electron chi connectivity index (χ0n) is 12.7. The number of aryl methyl sites for hydroxylation is 2. The van der Waals surface area contributed by atoms with Crippen LogP contribution in [0.1, 0.15) is 47.1 Å². The van der Waals surface area contributed by atoms with Gasteiger partial charge in [-0.2, -0.15) is 5.10 Å². The molecule has 0 aliphatic carbocycles. The maximum atomic E-state index is 12.4. The molecular formula is C16H19N3O2. The van der Waals surface area contributed by atoms with Crippen LogP contribution in [0.5, 0.6) is 0 Å². The normalized spacial score (nSPS) is 12.0. The van der Waals surface area contributed by atoms with E-state index in [9.17, 15) is 9.59 Å². The molecule has 1 aromatic heterocycles. The maximum absolute atomic E-state index is 12.4. The third-order valence-electron chi connectivity index (χ3n) is 3.55. The van der Waals surface area contributed by atoms with Gasteiger partial charge in [0.15, 0.2) is 5.78 Å². The highest BCUT2D eigenvalue weighted by atomic mass is 16.2. The van der Waals surface area contributed by atoms with Crippen LogP contribution in [-0.4, -0.2) is 21.9 Å². The zero-order valence-corrected chi connectivity index (χ0v) is 12.7. The summed E-state index contributed by atoms with van der Waals surface area (Å²) >= 11 is 0. The van der Waals surface area contributed by atoms with E-state index in [-0.39, 0.29) is 17.6 Å². The number of hydrogen-bond donors (Lipinski definition) is 2. The lowest BCUT2D eigenvalue weighted by Crippen LogP contribution is -2.20. The number of benzene rings is 1. The molecule has 5 heteroatoms. The second-order valence-electron chi connectivity index (χ2n) is 5.20. The Bertz CT molecular complexity index is 669. The summed E-state index contributed by atoms with van der Waals surface area (Å²) in [5, 5.41) is 9.85. The van der Waals surface area contributed by atoms with Gasteiger partial charge in [0.25, 0.3) is 0 Å². The minimum Gasteiger partial charge on any atom is -0.326 e. The first kappa shape index (κ1) is 15.0. The molecule has 0 aliphatic heterocycles. The summed E-state index contributed by atoms with van der Waals surface area (Å²) in [6.07, 6.45) is 0. The fourth-order valence-electron chi connectivity index (χ4n) is 2.40. The van der Waals surface area contributed by atoms with E-state index in [2.05, 4.69) is 15.5 Å². The van der Waals surface area contributed by atoms with Crippen molar-refractivity contribution in [3.63, 3.8) is 0 Å². The number of Topliss-reactive ketones (excluding diaryl/α,β-unsaturated/α-hetero) is 1. The third-order valence-corrected chi connectivity index (χ3v) is 3.55. The smallest absolute Gasteiger partial charge is 0.231 e. The minimum absolute atomic E-state index is 0.0272. The highest BCUT2D eigenvalue weighted by Crippen LogP contribution is 2.23. The topological polar surface area (TPSA) is 74.8 Å². The van der Waals surface area contributed by atoms with E-state index in [1.54, 1.807) is 24.3 Å². The number of nitrogens with zero attached hydrogens (tertiary/aromatic N) is 1. The van der Waals surface area contributed by atoms with Crippen molar-refractivity contribution in [2.75, 3.05) is 5.32 Å². The predicted molar refractivity (Wildman–Crippen MR) is 81.6 cm³/mol. The van der Waals surface area contributed by atoms with E-state index in [0.717, 1.165) is 17.0 Å². The molecule has 1 aromatic carbocycles. The van der Waals surface area contributed by atoms with Crippen molar-refractivity contribution >= 4 is 17.4 Å². The van der Waals surface area contributed by atoms with Crippen LogP contribution >= 0.6 is 0 Å². The standard InChI is InChI=1S/C16H19N3O2/c1-9(15-10(2)18-19-11(15)3)16(21)17-14-7-5-6-13(8-14)12(4)20/h5-9H,1-4H3,(H,17,21)(H,18,19). The zero-order chi connectivity index (χ0) is 15.6. The number of H-pyrrole nitrogens is 1. The van der Waals surface area contributed by atoms with Gasteiger partial charge in [-0.3, -0.25) is 14.7 Å². The first-order valence-corrected chi connectivity index (χ1v) is 6.83. The number of aromatic amines is 1. The summed E-state index contributed by atoms with van der Waals surface area (Å²) in [5.41, 5.74) is 3.84. The van der Waals surface area contributed by atoms with E-state index in [4.69, 9.17) is 0 Å². The molecule has 2 rings (SSSR count). The van der Waals surface area contributed by atoms with E-state index in [1.807, 2.05) is 20.8 Å². The van der Waals surface area contributed by atoms with Crippen LogP contribution in [0, 0.1) is 13.8 Å². The number of anilines is 1. The summed E-state index contributed by atoms with van der Waals surface area (Å²) in [6.45, 7) is 7.12. The highest BCUT2D eigenvalue weighted by molar-refractivity contribution is 5.98. The van der Waals surface area contributed by atoms with Crippen molar-refractivity contribution in [3.05, 3.63) is 46.8 Å².